The van der Waals surface area contributed by atoms with Crippen molar-refractivity contribution >= 4 is 11.8 Å². The van der Waals surface area contributed by atoms with Crippen molar-refractivity contribution < 1.29 is 9.26 Å². The van der Waals surface area contributed by atoms with Gasteiger partial charge in [0.1, 0.15) is 11.5 Å². The van der Waals surface area contributed by atoms with E-state index in [1.165, 1.54) is 16.4 Å². The van der Waals surface area contributed by atoms with Crippen molar-refractivity contribution in [3.8, 4) is 17.1 Å². The topological polar surface area (TPSA) is 92.0 Å². The van der Waals surface area contributed by atoms with E-state index < -0.39 is 0 Å². The lowest BCUT2D eigenvalue weighted by molar-refractivity contribution is 0.393. The van der Waals surface area contributed by atoms with Crippen LogP contribution in [-0.2, 0) is 5.75 Å². The van der Waals surface area contributed by atoms with Crippen LogP contribution in [0.15, 0.2) is 40.0 Å². The van der Waals surface area contributed by atoms with Crippen LogP contribution in [0.2, 0.25) is 0 Å². The number of para-hydroxylation sites is 1. The fourth-order valence-corrected chi connectivity index (χ4v) is 2.75. The predicted octanol–water partition coefficient (Wildman–Crippen LogP) is 2.26. The van der Waals surface area contributed by atoms with E-state index in [1.54, 1.807) is 7.11 Å². The summed E-state index contributed by atoms with van der Waals surface area (Å²) in [5, 5.41) is 12.8. The molecule has 3 rings (SSSR count). The van der Waals surface area contributed by atoms with E-state index in [-0.39, 0.29) is 0 Å². The molecule has 2 heterocycles. The van der Waals surface area contributed by atoms with Crippen LogP contribution in [0.3, 0.4) is 0 Å². The Morgan fingerprint density at radius 3 is 2.86 bits per heavy atom. The summed E-state index contributed by atoms with van der Waals surface area (Å²) in [7, 11) is 1.61. The monoisotopic (exact) mass is 317 g/mol. The second kappa shape index (κ2) is 6.10. The molecular formula is C14H15N5O2S. The number of nitrogens with zero attached hydrogens (tertiary/aromatic N) is 4. The quantitative estimate of drug-likeness (QED) is 0.570. The summed E-state index contributed by atoms with van der Waals surface area (Å²) in [5.41, 5.74) is 1.63. The molecule has 7 nitrogen and oxygen atoms in total. The number of hydrogen-bond donors (Lipinski definition) is 1. The maximum absolute atomic E-state index is 6.10. The molecule has 0 bridgehead atoms. The van der Waals surface area contributed by atoms with Gasteiger partial charge in [0.25, 0.3) is 0 Å². The first-order valence-corrected chi connectivity index (χ1v) is 7.56. The lowest BCUT2D eigenvalue weighted by Crippen LogP contribution is -2.12. The van der Waals surface area contributed by atoms with Gasteiger partial charge in [0.2, 0.25) is 5.16 Å². The SMILES string of the molecule is COc1ccccc1-c1nnc(SCc2cc(C)on2)n1N. The van der Waals surface area contributed by atoms with Crippen LogP contribution in [0, 0.1) is 6.92 Å². The zero-order valence-corrected chi connectivity index (χ0v) is 13.0. The number of aromatic nitrogens is 4. The van der Waals surface area contributed by atoms with Gasteiger partial charge in [0.05, 0.1) is 18.4 Å². The van der Waals surface area contributed by atoms with Gasteiger partial charge in [-0.15, -0.1) is 10.2 Å². The van der Waals surface area contributed by atoms with Crippen molar-refractivity contribution in [2.45, 2.75) is 17.8 Å². The van der Waals surface area contributed by atoms with Crippen LogP contribution in [0.4, 0.5) is 0 Å². The van der Waals surface area contributed by atoms with Gasteiger partial charge in [0.15, 0.2) is 5.82 Å². The number of ether oxygens (including phenoxy) is 1. The number of nitrogen functional groups attached to an aromatic ring is 1. The Hall–Kier alpha value is -2.48. The molecule has 0 unspecified atom stereocenters. The van der Waals surface area contributed by atoms with E-state index in [0.29, 0.717) is 22.5 Å². The third kappa shape index (κ3) is 2.77. The molecule has 0 saturated carbocycles. The highest BCUT2D eigenvalue weighted by Crippen LogP contribution is 2.30. The van der Waals surface area contributed by atoms with Crippen molar-refractivity contribution in [2.75, 3.05) is 13.0 Å². The number of nitrogens with two attached hydrogens (primary N) is 1. The van der Waals surface area contributed by atoms with Gasteiger partial charge >= 0.3 is 0 Å². The summed E-state index contributed by atoms with van der Waals surface area (Å²) in [6, 6.07) is 9.42. The number of thioether (sulfide) groups is 1. The highest BCUT2D eigenvalue weighted by atomic mass is 32.2. The lowest BCUT2D eigenvalue weighted by atomic mass is 10.2. The minimum atomic E-state index is 0.552. The highest BCUT2D eigenvalue weighted by Gasteiger charge is 2.16. The summed E-state index contributed by atoms with van der Waals surface area (Å²) in [4.78, 5) is 0. The van der Waals surface area contributed by atoms with Crippen LogP contribution in [0.5, 0.6) is 5.75 Å². The molecule has 0 saturated heterocycles. The molecule has 114 valence electrons. The molecule has 0 fully saturated rings. The van der Waals surface area contributed by atoms with E-state index in [2.05, 4.69) is 15.4 Å². The highest BCUT2D eigenvalue weighted by molar-refractivity contribution is 7.98. The number of rotatable bonds is 5. The zero-order valence-electron chi connectivity index (χ0n) is 12.2. The Morgan fingerprint density at radius 1 is 1.32 bits per heavy atom. The van der Waals surface area contributed by atoms with Gasteiger partial charge in [-0.05, 0) is 19.1 Å². The molecule has 22 heavy (non-hydrogen) atoms. The van der Waals surface area contributed by atoms with Crippen molar-refractivity contribution in [3.63, 3.8) is 0 Å². The summed E-state index contributed by atoms with van der Waals surface area (Å²) < 4.78 is 11.8. The lowest BCUT2D eigenvalue weighted by Gasteiger charge is -2.07. The Balaban J connectivity index is 1.82. The van der Waals surface area contributed by atoms with Gasteiger partial charge in [0, 0.05) is 11.8 Å². The Labute approximate surface area is 131 Å². The first-order chi connectivity index (χ1) is 10.7. The fraction of sp³-hybridized carbons (Fsp3) is 0.214. The Kier molecular flexibility index (Phi) is 4.01. The van der Waals surface area contributed by atoms with Crippen molar-refractivity contribution in [1.82, 2.24) is 20.0 Å². The molecule has 0 atom stereocenters. The third-order valence-electron chi connectivity index (χ3n) is 3.04. The molecule has 3 aromatic rings. The van der Waals surface area contributed by atoms with E-state index in [0.717, 1.165) is 17.0 Å². The first kappa shape index (κ1) is 14.5. The number of hydrogen-bond acceptors (Lipinski definition) is 7. The minimum absolute atomic E-state index is 0.552. The molecule has 0 aliphatic carbocycles. The number of aryl methyl sites for hydroxylation is 1. The van der Waals surface area contributed by atoms with Crippen LogP contribution in [0.25, 0.3) is 11.4 Å². The number of benzene rings is 1. The van der Waals surface area contributed by atoms with Gasteiger partial charge < -0.3 is 15.1 Å². The minimum Gasteiger partial charge on any atom is -0.496 e. The largest absolute Gasteiger partial charge is 0.496 e. The normalized spacial score (nSPS) is 10.8. The van der Waals surface area contributed by atoms with Crippen molar-refractivity contribution in [3.05, 3.63) is 41.8 Å². The molecule has 8 heteroatoms. The molecular weight excluding hydrogens is 302 g/mol. The average Bonchev–Trinajstić information content (AvgIpc) is 3.11. The molecule has 0 aliphatic heterocycles. The van der Waals surface area contributed by atoms with Crippen molar-refractivity contribution in [1.29, 1.82) is 0 Å². The third-order valence-corrected chi connectivity index (χ3v) is 4.01. The fourth-order valence-electron chi connectivity index (χ4n) is 2.01. The number of methoxy groups -OCH3 is 1. The maximum atomic E-state index is 6.10. The molecule has 0 radical (unpaired) electrons. The van der Waals surface area contributed by atoms with E-state index in [1.807, 2.05) is 37.3 Å². The van der Waals surface area contributed by atoms with E-state index in [9.17, 15) is 0 Å². The Bertz CT molecular complexity index is 783. The van der Waals surface area contributed by atoms with Crippen LogP contribution in [0.1, 0.15) is 11.5 Å². The van der Waals surface area contributed by atoms with Crippen LogP contribution in [-0.4, -0.2) is 27.1 Å². The first-order valence-electron chi connectivity index (χ1n) is 6.58. The molecule has 1 aromatic carbocycles. The Morgan fingerprint density at radius 2 is 2.14 bits per heavy atom. The van der Waals surface area contributed by atoms with Gasteiger partial charge in [-0.1, -0.05) is 29.1 Å². The maximum Gasteiger partial charge on any atom is 0.210 e. The summed E-state index contributed by atoms with van der Waals surface area (Å²) in [6.45, 7) is 1.85. The standard InChI is InChI=1S/C14H15N5O2S/c1-9-7-10(18-21-9)8-22-14-17-16-13(19(14)15)11-5-3-4-6-12(11)20-2/h3-7H,8,15H2,1-2H3. The van der Waals surface area contributed by atoms with Gasteiger partial charge in [-0.3, -0.25) is 0 Å². The molecule has 0 spiro atoms. The van der Waals surface area contributed by atoms with Crippen molar-refractivity contribution in [2.24, 2.45) is 0 Å². The van der Waals surface area contributed by atoms with Gasteiger partial charge in [-0.2, -0.15) is 0 Å². The van der Waals surface area contributed by atoms with E-state index in [4.69, 9.17) is 15.1 Å². The summed E-state index contributed by atoms with van der Waals surface area (Å²) in [6.07, 6.45) is 0. The summed E-state index contributed by atoms with van der Waals surface area (Å²) >= 11 is 1.44. The molecule has 0 aliphatic rings. The molecule has 2 aromatic heterocycles. The molecule has 0 amide bonds. The van der Waals surface area contributed by atoms with Crippen LogP contribution < -0.4 is 10.6 Å². The van der Waals surface area contributed by atoms with E-state index >= 15 is 0 Å². The summed E-state index contributed by atoms with van der Waals surface area (Å²) in [5.74, 6) is 8.74. The molecule has 2 N–H and O–H groups in total. The van der Waals surface area contributed by atoms with Gasteiger partial charge in [-0.25, -0.2) is 4.68 Å². The average molecular weight is 317 g/mol. The zero-order chi connectivity index (χ0) is 15.5. The predicted molar refractivity (Wildman–Crippen MR) is 83.0 cm³/mol. The second-order valence-electron chi connectivity index (χ2n) is 4.59. The van der Waals surface area contributed by atoms with Crippen LogP contribution >= 0.6 is 11.8 Å². The smallest absolute Gasteiger partial charge is 0.210 e. The second-order valence-corrected chi connectivity index (χ2v) is 5.54.